The molecule has 2 aromatic carbocycles. The Labute approximate surface area is 183 Å². The second-order valence-electron chi connectivity index (χ2n) is 7.40. The lowest BCUT2D eigenvalue weighted by Gasteiger charge is -2.22. The molecule has 2 aromatic rings. The van der Waals surface area contributed by atoms with E-state index in [2.05, 4.69) is 5.32 Å². The number of methoxy groups -OCH3 is 1. The molecular formula is C25H28N2O4. The summed E-state index contributed by atoms with van der Waals surface area (Å²) in [5.74, 6) is 1.56. The van der Waals surface area contributed by atoms with Crippen LogP contribution < -0.4 is 19.5 Å². The summed E-state index contributed by atoms with van der Waals surface area (Å²) in [6.07, 6.45) is 6.96. The number of rotatable bonds is 9. The number of ether oxygens (including phenoxy) is 3. The third kappa shape index (κ3) is 6.78. The van der Waals surface area contributed by atoms with E-state index in [0.717, 1.165) is 31.4 Å². The third-order valence-corrected chi connectivity index (χ3v) is 5.16. The number of carbonyl (C=O) groups excluding carboxylic acids is 1. The van der Waals surface area contributed by atoms with Gasteiger partial charge in [-0.15, -0.1) is 0 Å². The van der Waals surface area contributed by atoms with Gasteiger partial charge in [-0.2, -0.15) is 5.26 Å². The first-order valence-electron chi connectivity index (χ1n) is 10.6. The summed E-state index contributed by atoms with van der Waals surface area (Å²) in [6.45, 7) is 0.752. The number of hydrogen-bond acceptors (Lipinski definition) is 5. The number of benzene rings is 2. The molecular weight excluding hydrogens is 392 g/mol. The van der Waals surface area contributed by atoms with E-state index in [4.69, 9.17) is 14.2 Å². The summed E-state index contributed by atoms with van der Waals surface area (Å²) in [5.41, 5.74) is 0.776. The van der Waals surface area contributed by atoms with Gasteiger partial charge in [0.15, 0.2) is 11.5 Å². The van der Waals surface area contributed by atoms with Crippen molar-refractivity contribution in [2.75, 3.05) is 20.3 Å². The number of carbonyl (C=O) groups is 1. The molecule has 1 aliphatic rings. The lowest BCUT2D eigenvalue weighted by Crippen LogP contribution is -2.36. The standard InChI is InChI=1S/C25H28N2O4/c1-29-24-17-19(16-20(18-26)25(28)27-21-8-4-2-5-9-21)12-13-23(24)31-15-14-30-22-10-6-3-7-11-22/h3,6-7,10-13,16-17,21H,2,4-5,8-9,14-15H2,1H3,(H,27,28)/b20-16+. The third-order valence-electron chi connectivity index (χ3n) is 5.16. The fourth-order valence-corrected chi connectivity index (χ4v) is 3.55. The SMILES string of the molecule is COc1cc(/C=C(\C#N)C(=O)NC2CCCCC2)ccc1OCCOc1ccccc1. The number of nitrogens with one attached hydrogen (secondary N) is 1. The fraction of sp³-hybridized carbons (Fsp3) is 0.360. The second-order valence-corrected chi connectivity index (χ2v) is 7.40. The zero-order valence-electron chi connectivity index (χ0n) is 17.8. The second kappa shape index (κ2) is 11.7. The van der Waals surface area contributed by atoms with E-state index in [1.54, 1.807) is 31.4 Å². The minimum absolute atomic E-state index is 0.0811. The van der Waals surface area contributed by atoms with Crippen LogP contribution in [0, 0.1) is 11.3 Å². The summed E-state index contributed by atoms with van der Waals surface area (Å²) >= 11 is 0. The summed E-state index contributed by atoms with van der Waals surface area (Å²) in [5, 5.41) is 12.4. The van der Waals surface area contributed by atoms with Gasteiger partial charge < -0.3 is 19.5 Å². The van der Waals surface area contributed by atoms with Crippen LogP contribution in [0.5, 0.6) is 17.2 Å². The molecule has 0 bridgehead atoms. The zero-order valence-corrected chi connectivity index (χ0v) is 17.8. The fourth-order valence-electron chi connectivity index (χ4n) is 3.55. The molecule has 1 fully saturated rings. The van der Waals surface area contributed by atoms with Crippen molar-refractivity contribution in [2.24, 2.45) is 0 Å². The maximum absolute atomic E-state index is 12.5. The van der Waals surface area contributed by atoms with E-state index in [9.17, 15) is 10.1 Å². The Balaban J connectivity index is 1.59. The van der Waals surface area contributed by atoms with Crippen LogP contribution in [0.15, 0.2) is 54.1 Å². The van der Waals surface area contributed by atoms with E-state index >= 15 is 0 Å². The van der Waals surface area contributed by atoms with Gasteiger partial charge >= 0.3 is 0 Å². The molecule has 0 atom stereocenters. The van der Waals surface area contributed by atoms with E-state index < -0.39 is 0 Å². The molecule has 1 amide bonds. The molecule has 0 heterocycles. The lowest BCUT2D eigenvalue weighted by atomic mass is 9.95. The average molecular weight is 421 g/mol. The van der Waals surface area contributed by atoms with Crippen LogP contribution in [0.1, 0.15) is 37.7 Å². The Hall–Kier alpha value is -3.46. The first-order chi connectivity index (χ1) is 15.2. The summed E-state index contributed by atoms with van der Waals surface area (Å²) in [6, 6.07) is 17.0. The largest absolute Gasteiger partial charge is 0.493 e. The number of nitrogens with zero attached hydrogens (tertiary/aromatic N) is 1. The molecule has 6 nitrogen and oxygen atoms in total. The van der Waals surface area contributed by atoms with Gasteiger partial charge in [0.25, 0.3) is 5.91 Å². The number of nitriles is 1. The summed E-state index contributed by atoms with van der Waals surface area (Å²) in [4.78, 5) is 12.5. The van der Waals surface area contributed by atoms with Gasteiger partial charge in [-0.05, 0) is 48.7 Å². The molecule has 1 saturated carbocycles. The molecule has 162 valence electrons. The topological polar surface area (TPSA) is 80.6 Å². The van der Waals surface area contributed by atoms with Crippen LogP contribution in [0.2, 0.25) is 0 Å². The normalized spacial score (nSPS) is 14.4. The van der Waals surface area contributed by atoms with Gasteiger partial charge in [0.1, 0.15) is 30.6 Å². The molecule has 0 radical (unpaired) electrons. The van der Waals surface area contributed by atoms with Crippen LogP contribution in [-0.2, 0) is 4.79 Å². The van der Waals surface area contributed by atoms with Gasteiger partial charge in [-0.25, -0.2) is 0 Å². The van der Waals surface area contributed by atoms with Gasteiger partial charge in [-0.1, -0.05) is 43.5 Å². The average Bonchev–Trinajstić information content (AvgIpc) is 2.82. The van der Waals surface area contributed by atoms with Crippen molar-refractivity contribution in [3.63, 3.8) is 0 Å². The van der Waals surface area contributed by atoms with Crippen molar-refractivity contribution in [2.45, 2.75) is 38.1 Å². The van der Waals surface area contributed by atoms with Gasteiger partial charge in [-0.3, -0.25) is 4.79 Å². The molecule has 0 aromatic heterocycles. The van der Waals surface area contributed by atoms with E-state index in [1.165, 1.54) is 6.42 Å². The number of hydrogen-bond donors (Lipinski definition) is 1. The quantitative estimate of drug-likeness (QED) is 0.367. The van der Waals surface area contributed by atoms with Crippen molar-refractivity contribution in [3.8, 4) is 23.3 Å². The maximum atomic E-state index is 12.5. The molecule has 3 rings (SSSR count). The predicted octanol–water partition coefficient (Wildman–Crippen LogP) is 4.51. The van der Waals surface area contributed by atoms with Gasteiger partial charge in [0.2, 0.25) is 0 Å². The van der Waals surface area contributed by atoms with E-state index in [-0.39, 0.29) is 17.5 Å². The van der Waals surface area contributed by atoms with Crippen molar-refractivity contribution in [1.29, 1.82) is 5.26 Å². The molecule has 0 spiro atoms. The van der Waals surface area contributed by atoms with Crippen LogP contribution in [-0.4, -0.2) is 32.3 Å². The summed E-state index contributed by atoms with van der Waals surface area (Å²) < 4.78 is 16.8. The Morgan fingerprint density at radius 2 is 1.81 bits per heavy atom. The van der Waals surface area contributed by atoms with Gasteiger partial charge in [0, 0.05) is 6.04 Å². The van der Waals surface area contributed by atoms with Crippen LogP contribution >= 0.6 is 0 Å². The first-order valence-corrected chi connectivity index (χ1v) is 10.6. The van der Waals surface area contributed by atoms with Crippen molar-refractivity contribution in [1.82, 2.24) is 5.32 Å². The Bertz CT molecular complexity index is 928. The minimum Gasteiger partial charge on any atom is -0.493 e. The monoisotopic (exact) mass is 420 g/mol. The van der Waals surface area contributed by atoms with E-state index in [1.807, 2.05) is 36.4 Å². The van der Waals surface area contributed by atoms with Gasteiger partial charge in [0.05, 0.1) is 7.11 Å². The highest BCUT2D eigenvalue weighted by atomic mass is 16.5. The van der Waals surface area contributed by atoms with Crippen LogP contribution in [0.25, 0.3) is 6.08 Å². The number of amides is 1. The molecule has 1 N–H and O–H groups in total. The van der Waals surface area contributed by atoms with Crippen molar-refractivity contribution in [3.05, 3.63) is 59.7 Å². The highest BCUT2D eigenvalue weighted by Crippen LogP contribution is 2.29. The lowest BCUT2D eigenvalue weighted by molar-refractivity contribution is -0.117. The predicted molar refractivity (Wildman–Crippen MR) is 119 cm³/mol. The van der Waals surface area contributed by atoms with Crippen molar-refractivity contribution >= 4 is 12.0 Å². The molecule has 0 saturated heterocycles. The molecule has 0 aliphatic heterocycles. The minimum atomic E-state index is -0.327. The van der Waals surface area contributed by atoms with Crippen LogP contribution in [0.3, 0.4) is 0 Å². The number of para-hydroxylation sites is 1. The zero-order chi connectivity index (χ0) is 21.9. The Kier molecular flexibility index (Phi) is 8.36. The Morgan fingerprint density at radius 1 is 1.06 bits per heavy atom. The molecule has 0 unspecified atom stereocenters. The maximum Gasteiger partial charge on any atom is 0.262 e. The molecule has 31 heavy (non-hydrogen) atoms. The smallest absolute Gasteiger partial charge is 0.262 e. The van der Waals surface area contributed by atoms with E-state index in [0.29, 0.717) is 30.3 Å². The Morgan fingerprint density at radius 3 is 2.52 bits per heavy atom. The van der Waals surface area contributed by atoms with Crippen LogP contribution in [0.4, 0.5) is 0 Å². The first kappa shape index (κ1) is 22.2. The highest BCUT2D eigenvalue weighted by molar-refractivity contribution is 6.01. The highest BCUT2D eigenvalue weighted by Gasteiger charge is 2.18. The molecule has 1 aliphatic carbocycles. The summed E-state index contributed by atoms with van der Waals surface area (Å²) in [7, 11) is 1.55. The van der Waals surface area contributed by atoms with Crippen molar-refractivity contribution < 1.29 is 19.0 Å². The molecule has 6 heteroatoms.